The number of hydrogen-bond acceptors (Lipinski definition) is 4. The summed E-state index contributed by atoms with van der Waals surface area (Å²) in [5.74, 6) is 0.226. The third-order valence-corrected chi connectivity index (χ3v) is 3.86. The normalized spacial score (nSPS) is 11.5. The Morgan fingerprint density at radius 2 is 1.71 bits per heavy atom. The van der Waals surface area contributed by atoms with E-state index >= 15 is 0 Å². The number of hydrogen-bond donors (Lipinski definition) is 1. The van der Waals surface area contributed by atoms with Crippen LogP contribution in [0.4, 0.5) is 0 Å². The maximum Gasteiger partial charge on any atom is 0.259 e. The Labute approximate surface area is 140 Å². The van der Waals surface area contributed by atoms with Gasteiger partial charge in [-0.05, 0) is 23.1 Å². The first-order chi connectivity index (χ1) is 11.4. The van der Waals surface area contributed by atoms with Crippen LogP contribution >= 0.6 is 0 Å². The van der Waals surface area contributed by atoms with E-state index in [1.165, 1.54) is 5.56 Å². The number of aromatic nitrogens is 2. The SMILES string of the molecule is CC(C)(C)c1ccc(-c2noc(-c3ccccc3C(N)=O)n2)cc1. The van der Waals surface area contributed by atoms with Crippen LogP contribution in [0, 0.1) is 0 Å². The minimum Gasteiger partial charge on any atom is -0.366 e. The Kier molecular flexibility index (Phi) is 3.93. The van der Waals surface area contributed by atoms with Gasteiger partial charge in [-0.15, -0.1) is 0 Å². The van der Waals surface area contributed by atoms with Crippen LogP contribution in [0.15, 0.2) is 53.1 Å². The van der Waals surface area contributed by atoms with Gasteiger partial charge in [0.2, 0.25) is 11.7 Å². The summed E-state index contributed by atoms with van der Waals surface area (Å²) < 4.78 is 5.32. The van der Waals surface area contributed by atoms with Gasteiger partial charge in [-0.25, -0.2) is 0 Å². The molecule has 0 saturated carbocycles. The Morgan fingerprint density at radius 3 is 2.33 bits per heavy atom. The highest BCUT2D eigenvalue weighted by Crippen LogP contribution is 2.27. The quantitative estimate of drug-likeness (QED) is 0.795. The van der Waals surface area contributed by atoms with Gasteiger partial charge < -0.3 is 10.3 Å². The number of amides is 1. The van der Waals surface area contributed by atoms with Crippen molar-refractivity contribution in [3.8, 4) is 22.8 Å². The van der Waals surface area contributed by atoms with E-state index in [1.54, 1.807) is 24.3 Å². The minimum atomic E-state index is -0.528. The van der Waals surface area contributed by atoms with E-state index in [1.807, 2.05) is 12.1 Å². The van der Waals surface area contributed by atoms with Crippen LogP contribution in [-0.4, -0.2) is 16.0 Å². The molecule has 0 aliphatic carbocycles. The standard InChI is InChI=1S/C19H19N3O2/c1-19(2,3)13-10-8-12(9-11-13)17-21-18(24-22-17)15-7-5-4-6-14(15)16(20)23/h4-11H,1-3H3,(H2,20,23). The molecule has 0 bridgehead atoms. The second kappa shape index (κ2) is 5.92. The second-order valence-electron chi connectivity index (χ2n) is 6.66. The fraction of sp³-hybridized carbons (Fsp3) is 0.211. The molecule has 0 aliphatic rings. The summed E-state index contributed by atoms with van der Waals surface area (Å²) in [6.45, 7) is 6.49. The molecular weight excluding hydrogens is 302 g/mol. The molecule has 1 amide bonds. The van der Waals surface area contributed by atoms with Crippen molar-refractivity contribution in [1.82, 2.24) is 10.1 Å². The van der Waals surface area contributed by atoms with Crippen molar-refractivity contribution < 1.29 is 9.32 Å². The van der Waals surface area contributed by atoms with Gasteiger partial charge in [-0.1, -0.05) is 62.3 Å². The van der Waals surface area contributed by atoms with Crippen molar-refractivity contribution in [3.63, 3.8) is 0 Å². The van der Waals surface area contributed by atoms with Gasteiger partial charge in [0.05, 0.1) is 11.1 Å². The van der Waals surface area contributed by atoms with Gasteiger partial charge in [0, 0.05) is 5.56 Å². The topological polar surface area (TPSA) is 82.0 Å². The van der Waals surface area contributed by atoms with Gasteiger partial charge in [-0.3, -0.25) is 4.79 Å². The number of benzene rings is 2. The summed E-state index contributed by atoms with van der Waals surface area (Å²) in [5, 5.41) is 4.02. The van der Waals surface area contributed by atoms with E-state index < -0.39 is 5.91 Å². The molecule has 1 aromatic heterocycles. The highest BCUT2D eigenvalue weighted by molar-refractivity contribution is 5.98. The van der Waals surface area contributed by atoms with E-state index in [4.69, 9.17) is 10.3 Å². The first-order valence-corrected chi connectivity index (χ1v) is 7.70. The van der Waals surface area contributed by atoms with Crippen LogP contribution in [-0.2, 0) is 5.41 Å². The number of nitrogens with two attached hydrogens (primary N) is 1. The van der Waals surface area contributed by atoms with Crippen molar-refractivity contribution in [2.75, 3.05) is 0 Å². The monoisotopic (exact) mass is 321 g/mol. The average Bonchev–Trinajstić information content (AvgIpc) is 3.04. The molecule has 3 aromatic rings. The van der Waals surface area contributed by atoms with Crippen LogP contribution in [0.1, 0.15) is 36.7 Å². The van der Waals surface area contributed by atoms with Gasteiger partial charge in [0.15, 0.2) is 0 Å². The molecular formula is C19H19N3O2. The lowest BCUT2D eigenvalue weighted by atomic mass is 9.87. The lowest BCUT2D eigenvalue weighted by Gasteiger charge is -2.18. The summed E-state index contributed by atoms with van der Waals surface area (Å²) in [5.41, 5.74) is 8.46. The number of carbonyl (C=O) groups is 1. The smallest absolute Gasteiger partial charge is 0.259 e. The molecule has 122 valence electrons. The Hall–Kier alpha value is -2.95. The predicted molar refractivity (Wildman–Crippen MR) is 92.4 cm³/mol. The molecule has 5 heteroatoms. The summed E-state index contributed by atoms with van der Waals surface area (Å²) in [4.78, 5) is 15.9. The van der Waals surface area contributed by atoms with Crippen LogP contribution < -0.4 is 5.73 Å². The zero-order chi connectivity index (χ0) is 17.3. The molecule has 0 atom stereocenters. The lowest BCUT2D eigenvalue weighted by molar-refractivity contribution is 0.100. The number of carbonyl (C=O) groups excluding carboxylic acids is 1. The third kappa shape index (κ3) is 3.06. The molecule has 0 spiro atoms. The van der Waals surface area contributed by atoms with E-state index in [0.29, 0.717) is 17.0 Å². The van der Waals surface area contributed by atoms with Crippen molar-refractivity contribution in [1.29, 1.82) is 0 Å². The molecule has 2 N–H and O–H groups in total. The second-order valence-corrected chi connectivity index (χ2v) is 6.66. The maximum absolute atomic E-state index is 11.5. The van der Waals surface area contributed by atoms with Crippen LogP contribution in [0.2, 0.25) is 0 Å². The first kappa shape index (κ1) is 15.9. The molecule has 24 heavy (non-hydrogen) atoms. The average molecular weight is 321 g/mol. The summed E-state index contributed by atoms with van der Waals surface area (Å²) in [6, 6.07) is 15.0. The van der Waals surface area contributed by atoms with Crippen molar-refractivity contribution >= 4 is 5.91 Å². The van der Waals surface area contributed by atoms with Crippen molar-refractivity contribution in [2.45, 2.75) is 26.2 Å². The number of nitrogens with zero attached hydrogens (tertiary/aromatic N) is 2. The van der Waals surface area contributed by atoms with E-state index in [0.717, 1.165) is 5.56 Å². The first-order valence-electron chi connectivity index (χ1n) is 7.70. The molecule has 0 aliphatic heterocycles. The highest BCUT2D eigenvalue weighted by atomic mass is 16.5. The van der Waals surface area contributed by atoms with Gasteiger partial charge in [0.1, 0.15) is 0 Å². The molecule has 0 radical (unpaired) electrons. The molecule has 0 saturated heterocycles. The van der Waals surface area contributed by atoms with Gasteiger partial charge in [-0.2, -0.15) is 4.98 Å². The summed E-state index contributed by atoms with van der Waals surface area (Å²) in [6.07, 6.45) is 0. The fourth-order valence-electron chi connectivity index (χ4n) is 2.45. The maximum atomic E-state index is 11.5. The predicted octanol–water partition coefficient (Wildman–Crippen LogP) is 3.80. The third-order valence-electron chi connectivity index (χ3n) is 3.86. The van der Waals surface area contributed by atoms with E-state index in [-0.39, 0.29) is 11.3 Å². The molecule has 0 fully saturated rings. The largest absolute Gasteiger partial charge is 0.366 e. The Morgan fingerprint density at radius 1 is 1.04 bits per heavy atom. The Balaban J connectivity index is 1.96. The van der Waals surface area contributed by atoms with Crippen molar-refractivity contribution in [2.24, 2.45) is 5.73 Å². The zero-order valence-corrected chi connectivity index (χ0v) is 13.9. The zero-order valence-electron chi connectivity index (χ0n) is 13.9. The summed E-state index contributed by atoms with van der Waals surface area (Å²) >= 11 is 0. The molecule has 1 heterocycles. The molecule has 2 aromatic carbocycles. The number of rotatable bonds is 3. The van der Waals surface area contributed by atoms with E-state index in [2.05, 4.69) is 43.0 Å². The molecule has 0 unspecified atom stereocenters. The van der Waals surface area contributed by atoms with Gasteiger partial charge in [0.25, 0.3) is 5.89 Å². The lowest BCUT2D eigenvalue weighted by Crippen LogP contribution is -2.12. The van der Waals surface area contributed by atoms with Gasteiger partial charge >= 0.3 is 0 Å². The van der Waals surface area contributed by atoms with Crippen LogP contribution in [0.3, 0.4) is 0 Å². The fourth-order valence-corrected chi connectivity index (χ4v) is 2.45. The summed E-state index contributed by atoms with van der Waals surface area (Å²) in [7, 11) is 0. The molecule has 5 nitrogen and oxygen atoms in total. The van der Waals surface area contributed by atoms with E-state index in [9.17, 15) is 4.79 Å². The number of primary amides is 1. The molecule has 3 rings (SSSR count). The van der Waals surface area contributed by atoms with Crippen LogP contribution in [0.25, 0.3) is 22.8 Å². The minimum absolute atomic E-state index is 0.0847. The van der Waals surface area contributed by atoms with Crippen molar-refractivity contribution in [3.05, 3.63) is 59.7 Å². The highest BCUT2D eigenvalue weighted by Gasteiger charge is 2.17. The Bertz CT molecular complexity index is 874. The van der Waals surface area contributed by atoms with Crippen LogP contribution in [0.5, 0.6) is 0 Å².